The first-order valence-electron chi connectivity index (χ1n) is 7.28. The fourth-order valence-electron chi connectivity index (χ4n) is 2.28. The van der Waals surface area contributed by atoms with E-state index in [0.29, 0.717) is 19.3 Å². The van der Waals surface area contributed by atoms with Crippen molar-refractivity contribution in [2.24, 2.45) is 0 Å². The van der Waals surface area contributed by atoms with Crippen molar-refractivity contribution in [3.8, 4) is 0 Å². The van der Waals surface area contributed by atoms with Gasteiger partial charge in [-0.15, -0.1) is 0 Å². The summed E-state index contributed by atoms with van der Waals surface area (Å²) in [5.74, 6) is -0.620. The Labute approximate surface area is 126 Å². The van der Waals surface area contributed by atoms with E-state index in [9.17, 15) is 14.7 Å². The van der Waals surface area contributed by atoms with E-state index in [1.54, 1.807) is 41.5 Å². The maximum atomic E-state index is 12.4. The highest BCUT2D eigenvalue weighted by atomic mass is 16.6. The Morgan fingerprint density at radius 2 is 1.62 bits per heavy atom. The maximum absolute atomic E-state index is 12.4. The predicted octanol–water partition coefficient (Wildman–Crippen LogP) is 2.14. The van der Waals surface area contributed by atoms with Crippen molar-refractivity contribution in [1.29, 1.82) is 0 Å². The Morgan fingerprint density at radius 3 is 2.00 bits per heavy atom. The molecule has 0 radical (unpaired) electrons. The zero-order chi connectivity index (χ0) is 16.5. The van der Waals surface area contributed by atoms with Crippen LogP contribution in [0.2, 0.25) is 0 Å². The molecule has 1 rings (SSSR count). The number of rotatable bonds is 2. The molecule has 0 heterocycles. The van der Waals surface area contributed by atoms with Crippen molar-refractivity contribution in [2.75, 3.05) is 0 Å². The lowest BCUT2D eigenvalue weighted by atomic mass is 9.95. The number of nitrogens with one attached hydrogen (secondary N) is 1. The van der Waals surface area contributed by atoms with Gasteiger partial charge in [-0.3, -0.25) is 0 Å². The number of hydrogen-bond donors (Lipinski definition) is 2. The van der Waals surface area contributed by atoms with Crippen LogP contribution in [0.25, 0.3) is 0 Å². The van der Waals surface area contributed by atoms with Gasteiger partial charge in [-0.2, -0.15) is 0 Å². The van der Waals surface area contributed by atoms with Gasteiger partial charge in [0.1, 0.15) is 11.2 Å². The quantitative estimate of drug-likeness (QED) is 0.763. The molecule has 1 fully saturated rings. The molecule has 2 atom stereocenters. The van der Waals surface area contributed by atoms with E-state index >= 15 is 0 Å². The summed E-state index contributed by atoms with van der Waals surface area (Å²) >= 11 is 0. The summed E-state index contributed by atoms with van der Waals surface area (Å²) in [5, 5.41) is 12.7. The van der Waals surface area contributed by atoms with Gasteiger partial charge in [0.25, 0.3) is 0 Å². The zero-order valence-corrected chi connectivity index (χ0v) is 13.8. The van der Waals surface area contributed by atoms with Gasteiger partial charge in [-0.1, -0.05) is 0 Å². The maximum Gasteiger partial charge on any atom is 0.408 e. The molecule has 1 aliphatic rings. The number of alkyl carbamates (subject to hydrolysis) is 1. The third-order valence-electron chi connectivity index (χ3n) is 3.10. The summed E-state index contributed by atoms with van der Waals surface area (Å²) in [5.41, 5.74) is -2.79. The Kier molecular flexibility index (Phi) is 4.93. The van der Waals surface area contributed by atoms with Crippen LogP contribution in [-0.4, -0.2) is 40.0 Å². The molecule has 0 saturated heterocycles. The first kappa shape index (κ1) is 17.8. The molecule has 0 aromatic carbocycles. The number of aliphatic hydroxyl groups excluding tert-OH is 1. The molecule has 1 aliphatic carbocycles. The third-order valence-corrected chi connectivity index (χ3v) is 3.10. The molecule has 1 amide bonds. The molecule has 0 aliphatic heterocycles. The Bertz CT molecular complexity index is 407. The van der Waals surface area contributed by atoms with E-state index in [2.05, 4.69) is 5.32 Å². The fraction of sp³-hybridized carbons (Fsp3) is 0.867. The largest absolute Gasteiger partial charge is 0.458 e. The van der Waals surface area contributed by atoms with Gasteiger partial charge in [0.05, 0.1) is 6.10 Å². The second kappa shape index (κ2) is 5.83. The van der Waals surface area contributed by atoms with E-state index in [1.807, 2.05) is 0 Å². The Hall–Kier alpha value is -1.30. The van der Waals surface area contributed by atoms with Crippen LogP contribution in [0, 0.1) is 0 Å². The van der Waals surface area contributed by atoms with Crippen LogP contribution in [0.5, 0.6) is 0 Å². The minimum atomic E-state index is -1.42. The Morgan fingerprint density at radius 1 is 1.10 bits per heavy atom. The molecule has 6 heteroatoms. The number of carbonyl (C=O) groups is 2. The van der Waals surface area contributed by atoms with Crippen LogP contribution < -0.4 is 5.32 Å². The van der Waals surface area contributed by atoms with Crippen LogP contribution in [0.4, 0.5) is 4.79 Å². The molecular formula is C15H27NO5. The topological polar surface area (TPSA) is 84.9 Å². The number of amides is 1. The van der Waals surface area contributed by atoms with Crippen molar-refractivity contribution < 1.29 is 24.2 Å². The second-order valence-electron chi connectivity index (χ2n) is 7.51. The lowest BCUT2D eigenvalue weighted by Crippen LogP contribution is -2.61. The van der Waals surface area contributed by atoms with Crippen molar-refractivity contribution in [2.45, 2.75) is 83.6 Å². The van der Waals surface area contributed by atoms with Gasteiger partial charge in [0.2, 0.25) is 0 Å². The van der Waals surface area contributed by atoms with Gasteiger partial charge in [-0.25, -0.2) is 9.59 Å². The average Bonchev–Trinajstić information content (AvgIpc) is 2.55. The van der Waals surface area contributed by atoms with Crippen LogP contribution in [0.1, 0.15) is 60.8 Å². The number of esters is 1. The van der Waals surface area contributed by atoms with Crippen molar-refractivity contribution in [1.82, 2.24) is 5.32 Å². The van der Waals surface area contributed by atoms with Gasteiger partial charge in [0, 0.05) is 0 Å². The molecule has 0 bridgehead atoms. The molecule has 0 spiro atoms. The van der Waals surface area contributed by atoms with E-state index in [1.165, 1.54) is 0 Å². The van der Waals surface area contributed by atoms with Crippen LogP contribution in [0.15, 0.2) is 0 Å². The predicted molar refractivity (Wildman–Crippen MR) is 77.8 cm³/mol. The monoisotopic (exact) mass is 301 g/mol. The highest BCUT2D eigenvalue weighted by Crippen LogP contribution is 2.33. The summed E-state index contributed by atoms with van der Waals surface area (Å²) in [7, 11) is 0. The molecule has 0 unspecified atom stereocenters. The molecule has 1 saturated carbocycles. The first-order chi connectivity index (χ1) is 9.36. The highest BCUT2D eigenvalue weighted by Gasteiger charge is 2.52. The summed E-state index contributed by atoms with van der Waals surface area (Å²) in [6, 6.07) is 0. The fourth-order valence-corrected chi connectivity index (χ4v) is 2.28. The highest BCUT2D eigenvalue weighted by molar-refractivity contribution is 5.87. The molecule has 2 N–H and O–H groups in total. The van der Waals surface area contributed by atoms with Crippen molar-refractivity contribution >= 4 is 12.1 Å². The smallest absolute Gasteiger partial charge is 0.408 e. The van der Waals surface area contributed by atoms with Crippen LogP contribution in [0.3, 0.4) is 0 Å². The number of ether oxygens (including phenoxy) is 2. The lowest BCUT2D eigenvalue weighted by molar-refractivity contribution is -0.167. The summed E-state index contributed by atoms with van der Waals surface area (Å²) in [6.45, 7) is 10.4. The molecule has 0 aromatic heterocycles. The summed E-state index contributed by atoms with van der Waals surface area (Å²) < 4.78 is 10.5. The minimum absolute atomic E-state index is 0.336. The average molecular weight is 301 g/mol. The molecule has 21 heavy (non-hydrogen) atoms. The summed E-state index contributed by atoms with van der Waals surface area (Å²) in [4.78, 5) is 24.4. The van der Waals surface area contributed by atoms with E-state index in [-0.39, 0.29) is 0 Å². The second-order valence-corrected chi connectivity index (χ2v) is 7.51. The molecule has 6 nitrogen and oxygen atoms in total. The normalized spacial score (nSPS) is 26.3. The number of carbonyl (C=O) groups excluding carboxylic acids is 2. The van der Waals surface area contributed by atoms with Crippen LogP contribution in [-0.2, 0) is 14.3 Å². The van der Waals surface area contributed by atoms with Gasteiger partial charge >= 0.3 is 12.1 Å². The van der Waals surface area contributed by atoms with E-state index in [0.717, 1.165) is 0 Å². The standard InChI is InChI=1S/C15H27NO5/c1-13(2,3)20-11(18)15(9-7-8-10(15)17)16-12(19)21-14(4,5)6/h10,17H,7-9H2,1-6H3,(H,16,19)/t10-,15+/m1/s1. The SMILES string of the molecule is CC(C)(C)OC(=O)N[C@@]1(C(=O)OC(C)(C)C)CCC[C@H]1O. The zero-order valence-electron chi connectivity index (χ0n) is 13.8. The number of aliphatic hydroxyl groups is 1. The number of hydrogen-bond acceptors (Lipinski definition) is 5. The van der Waals surface area contributed by atoms with Crippen LogP contribution >= 0.6 is 0 Å². The minimum Gasteiger partial charge on any atom is -0.458 e. The molecule has 122 valence electrons. The van der Waals surface area contributed by atoms with Gasteiger partial charge < -0.3 is 19.9 Å². The van der Waals surface area contributed by atoms with Crippen molar-refractivity contribution in [3.63, 3.8) is 0 Å². The third kappa shape index (κ3) is 4.88. The lowest BCUT2D eigenvalue weighted by Gasteiger charge is -2.34. The van der Waals surface area contributed by atoms with E-state index < -0.39 is 34.9 Å². The Balaban J connectivity index is 2.90. The molecular weight excluding hydrogens is 274 g/mol. The van der Waals surface area contributed by atoms with E-state index in [4.69, 9.17) is 9.47 Å². The van der Waals surface area contributed by atoms with Gasteiger partial charge in [-0.05, 0) is 60.8 Å². The first-order valence-corrected chi connectivity index (χ1v) is 7.28. The van der Waals surface area contributed by atoms with Gasteiger partial charge in [0.15, 0.2) is 5.54 Å². The molecule has 0 aromatic rings. The summed E-state index contributed by atoms with van der Waals surface area (Å²) in [6.07, 6.45) is -0.290. The van der Waals surface area contributed by atoms with Crippen molar-refractivity contribution in [3.05, 3.63) is 0 Å².